The van der Waals surface area contributed by atoms with Crippen LogP contribution in [0, 0.1) is 0 Å². The Morgan fingerprint density at radius 3 is 2.82 bits per heavy atom. The fraction of sp³-hybridized carbons (Fsp3) is 0.182. The van der Waals surface area contributed by atoms with E-state index in [1.807, 2.05) is 18.2 Å². The zero-order valence-electron chi connectivity index (χ0n) is 8.90. The lowest BCUT2D eigenvalue weighted by molar-refractivity contribution is 0.951. The van der Waals surface area contributed by atoms with Crippen LogP contribution in [0.2, 0.25) is 10.3 Å². The topological polar surface area (TPSA) is 50.7 Å². The van der Waals surface area contributed by atoms with Gasteiger partial charge in [0.1, 0.15) is 10.8 Å². The van der Waals surface area contributed by atoms with E-state index < -0.39 is 0 Å². The molecule has 0 unspecified atom stereocenters. The van der Waals surface area contributed by atoms with Crippen LogP contribution in [0.25, 0.3) is 0 Å². The molecule has 2 aromatic heterocycles. The van der Waals surface area contributed by atoms with Crippen molar-refractivity contribution < 1.29 is 0 Å². The Bertz CT molecular complexity index is 490. The Hall–Kier alpha value is -1.39. The molecule has 0 aliphatic carbocycles. The molecule has 17 heavy (non-hydrogen) atoms. The fourth-order valence-corrected chi connectivity index (χ4v) is 1.62. The third-order valence-electron chi connectivity index (χ3n) is 2.11. The number of nitrogens with zero attached hydrogens (tertiary/aromatic N) is 3. The Morgan fingerprint density at radius 1 is 1.18 bits per heavy atom. The molecule has 0 spiro atoms. The standard InChI is InChI=1S/C11H10Cl2N4/c12-9-7-16-11(13)17-10(9)15-6-4-8-3-1-2-5-14-8/h1-3,5,7H,4,6H2,(H,15,16,17). The molecule has 0 aliphatic rings. The van der Waals surface area contributed by atoms with Gasteiger partial charge < -0.3 is 5.32 Å². The molecule has 0 aliphatic heterocycles. The van der Waals surface area contributed by atoms with Crippen LogP contribution in [0.15, 0.2) is 30.6 Å². The highest BCUT2D eigenvalue weighted by atomic mass is 35.5. The molecule has 0 saturated heterocycles. The number of halogens is 2. The highest BCUT2D eigenvalue weighted by Gasteiger charge is 2.03. The smallest absolute Gasteiger partial charge is 0.224 e. The summed E-state index contributed by atoms with van der Waals surface area (Å²) in [7, 11) is 0. The molecule has 0 saturated carbocycles. The SMILES string of the molecule is Clc1ncc(Cl)c(NCCc2ccccn2)n1. The monoisotopic (exact) mass is 268 g/mol. The van der Waals surface area contributed by atoms with E-state index in [4.69, 9.17) is 23.2 Å². The predicted octanol–water partition coefficient (Wildman–Crippen LogP) is 2.83. The van der Waals surface area contributed by atoms with Gasteiger partial charge in [-0.1, -0.05) is 17.7 Å². The van der Waals surface area contributed by atoms with Gasteiger partial charge in [0.05, 0.1) is 6.20 Å². The van der Waals surface area contributed by atoms with Crippen molar-refractivity contribution in [1.82, 2.24) is 15.0 Å². The Labute approximate surface area is 109 Å². The average molecular weight is 269 g/mol. The molecule has 2 heterocycles. The van der Waals surface area contributed by atoms with Crippen LogP contribution in [0.1, 0.15) is 5.69 Å². The molecule has 0 aromatic carbocycles. The van der Waals surface area contributed by atoms with E-state index in [-0.39, 0.29) is 5.28 Å². The molecule has 0 amide bonds. The minimum Gasteiger partial charge on any atom is -0.368 e. The van der Waals surface area contributed by atoms with Crippen molar-refractivity contribution in [3.05, 3.63) is 46.6 Å². The zero-order valence-corrected chi connectivity index (χ0v) is 10.4. The van der Waals surface area contributed by atoms with E-state index in [1.165, 1.54) is 6.20 Å². The minimum absolute atomic E-state index is 0.176. The van der Waals surface area contributed by atoms with Crippen molar-refractivity contribution in [2.45, 2.75) is 6.42 Å². The lowest BCUT2D eigenvalue weighted by atomic mass is 10.3. The fourth-order valence-electron chi connectivity index (χ4n) is 1.32. The molecule has 1 N–H and O–H groups in total. The Morgan fingerprint density at radius 2 is 2.06 bits per heavy atom. The molecule has 0 atom stereocenters. The van der Waals surface area contributed by atoms with Crippen LogP contribution in [0.4, 0.5) is 5.82 Å². The molecule has 0 radical (unpaired) electrons. The number of pyridine rings is 1. The van der Waals surface area contributed by atoms with Gasteiger partial charge in [-0.2, -0.15) is 4.98 Å². The summed E-state index contributed by atoms with van der Waals surface area (Å²) < 4.78 is 0. The number of hydrogen-bond donors (Lipinski definition) is 1. The average Bonchev–Trinajstić information content (AvgIpc) is 2.35. The van der Waals surface area contributed by atoms with Crippen LogP contribution in [-0.2, 0) is 6.42 Å². The summed E-state index contributed by atoms with van der Waals surface area (Å²) >= 11 is 11.6. The summed E-state index contributed by atoms with van der Waals surface area (Å²) in [6.45, 7) is 0.685. The molecule has 88 valence electrons. The van der Waals surface area contributed by atoms with Crippen molar-refractivity contribution >= 4 is 29.0 Å². The van der Waals surface area contributed by atoms with Gasteiger partial charge in [0.15, 0.2) is 0 Å². The second kappa shape index (κ2) is 5.80. The quantitative estimate of drug-likeness (QED) is 0.867. The van der Waals surface area contributed by atoms with Crippen molar-refractivity contribution in [2.24, 2.45) is 0 Å². The Kier molecular flexibility index (Phi) is 4.12. The molecule has 0 bridgehead atoms. The summed E-state index contributed by atoms with van der Waals surface area (Å²) in [6, 6.07) is 5.81. The van der Waals surface area contributed by atoms with Gasteiger partial charge in [0.25, 0.3) is 0 Å². The van der Waals surface area contributed by atoms with E-state index in [0.717, 1.165) is 12.1 Å². The van der Waals surface area contributed by atoms with Crippen molar-refractivity contribution in [3.8, 4) is 0 Å². The first-order valence-corrected chi connectivity index (χ1v) is 5.83. The molecular formula is C11H10Cl2N4. The zero-order chi connectivity index (χ0) is 12.1. The van der Waals surface area contributed by atoms with Crippen molar-refractivity contribution in [1.29, 1.82) is 0 Å². The van der Waals surface area contributed by atoms with Crippen molar-refractivity contribution in [2.75, 3.05) is 11.9 Å². The van der Waals surface area contributed by atoms with Gasteiger partial charge in [-0.05, 0) is 23.7 Å². The summed E-state index contributed by atoms with van der Waals surface area (Å²) in [5.41, 5.74) is 1.01. The van der Waals surface area contributed by atoms with E-state index in [2.05, 4.69) is 20.3 Å². The number of nitrogens with one attached hydrogen (secondary N) is 1. The lowest BCUT2D eigenvalue weighted by Crippen LogP contribution is -2.08. The highest BCUT2D eigenvalue weighted by molar-refractivity contribution is 6.33. The van der Waals surface area contributed by atoms with Crippen LogP contribution in [-0.4, -0.2) is 21.5 Å². The maximum atomic E-state index is 5.92. The maximum Gasteiger partial charge on any atom is 0.224 e. The molecular weight excluding hydrogens is 259 g/mol. The largest absolute Gasteiger partial charge is 0.368 e. The molecule has 2 aromatic rings. The molecule has 4 nitrogen and oxygen atoms in total. The van der Waals surface area contributed by atoms with Gasteiger partial charge in [-0.25, -0.2) is 4.98 Å². The van der Waals surface area contributed by atoms with Gasteiger partial charge in [-0.3, -0.25) is 4.98 Å². The summed E-state index contributed by atoms with van der Waals surface area (Å²) in [4.78, 5) is 12.0. The van der Waals surface area contributed by atoms with E-state index >= 15 is 0 Å². The lowest BCUT2D eigenvalue weighted by Gasteiger charge is -2.06. The number of aromatic nitrogens is 3. The van der Waals surface area contributed by atoms with Crippen LogP contribution in [0.3, 0.4) is 0 Å². The minimum atomic E-state index is 0.176. The first-order valence-electron chi connectivity index (χ1n) is 5.07. The van der Waals surface area contributed by atoms with Crippen LogP contribution in [0.5, 0.6) is 0 Å². The normalized spacial score (nSPS) is 10.2. The third kappa shape index (κ3) is 3.54. The molecule has 6 heteroatoms. The number of anilines is 1. The summed E-state index contributed by atoms with van der Waals surface area (Å²) in [5, 5.41) is 3.72. The number of rotatable bonds is 4. The maximum absolute atomic E-state index is 5.92. The second-order valence-electron chi connectivity index (χ2n) is 3.33. The van der Waals surface area contributed by atoms with Gasteiger partial charge in [0.2, 0.25) is 5.28 Å². The second-order valence-corrected chi connectivity index (χ2v) is 4.08. The molecule has 2 rings (SSSR count). The van der Waals surface area contributed by atoms with Gasteiger partial charge in [0, 0.05) is 24.9 Å². The third-order valence-corrected chi connectivity index (χ3v) is 2.57. The first kappa shape index (κ1) is 12.1. The summed E-state index contributed by atoms with van der Waals surface area (Å²) in [5.74, 6) is 0.544. The number of hydrogen-bond acceptors (Lipinski definition) is 4. The Balaban J connectivity index is 1.92. The first-order chi connectivity index (χ1) is 8.25. The highest BCUT2D eigenvalue weighted by Crippen LogP contribution is 2.19. The summed E-state index contributed by atoms with van der Waals surface area (Å²) in [6.07, 6.45) is 4.03. The van der Waals surface area contributed by atoms with E-state index in [0.29, 0.717) is 17.4 Å². The van der Waals surface area contributed by atoms with Crippen LogP contribution < -0.4 is 5.32 Å². The van der Waals surface area contributed by atoms with Crippen LogP contribution >= 0.6 is 23.2 Å². The van der Waals surface area contributed by atoms with E-state index in [9.17, 15) is 0 Å². The van der Waals surface area contributed by atoms with E-state index in [1.54, 1.807) is 6.20 Å². The molecule has 0 fully saturated rings. The predicted molar refractivity (Wildman–Crippen MR) is 68.5 cm³/mol. The van der Waals surface area contributed by atoms with Crippen molar-refractivity contribution in [3.63, 3.8) is 0 Å². The van der Waals surface area contributed by atoms with Gasteiger partial charge >= 0.3 is 0 Å². The van der Waals surface area contributed by atoms with Gasteiger partial charge in [-0.15, -0.1) is 0 Å².